The van der Waals surface area contributed by atoms with Gasteiger partial charge < -0.3 is 19.5 Å². The number of nitro benzene ring substituents is 1. The van der Waals surface area contributed by atoms with E-state index < -0.39 is 40.0 Å². The highest BCUT2D eigenvalue weighted by molar-refractivity contribution is 7.89. The van der Waals surface area contributed by atoms with Gasteiger partial charge in [0, 0.05) is 24.8 Å². The molecule has 0 saturated carbocycles. The van der Waals surface area contributed by atoms with E-state index >= 15 is 0 Å². The first-order valence-electron chi connectivity index (χ1n) is 9.77. The summed E-state index contributed by atoms with van der Waals surface area (Å²) in [7, 11) is -3.74. The van der Waals surface area contributed by atoms with Crippen LogP contribution in [0.1, 0.15) is 0 Å². The maximum Gasteiger partial charge on any atom is 0.344 e. The number of rotatable bonds is 9. The van der Waals surface area contributed by atoms with Crippen molar-refractivity contribution in [1.82, 2.24) is 4.31 Å². The van der Waals surface area contributed by atoms with Crippen molar-refractivity contribution < 1.29 is 37.1 Å². The van der Waals surface area contributed by atoms with Crippen LogP contribution < -0.4 is 10.1 Å². The summed E-state index contributed by atoms with van der Waals surface area (Å²) >= 11 is 0. The van der Waals surface area contributed by atoms with E-state index in [1.54, 1.807) is 0 Å². The van der Waals surface area contributed by atoms with Gasteiger partial charge in [0.05, 0.1) is 23.0 Å². The molecule has 176 valence electrons. The number of nitro groups is 1. The van der Waals surface area contributed by atoms with Crippen molar-refractivity contribution in [3.05, 3.63) is 58.6 Å². The Hall–Kier alpha value is -3.55. The molecule has 1 N–H and O–H groups in total. The number of carbonyl (C=O) groups excluding carboxylic acids is 2. The zero-order chi connectivity index (χ0) is 23.8. The molecule has 12 nitrogen and oxygen atoms in total. The molecule has 0 aromatic heterocycles. The normalized spacial score (nSPS) is 14.3. The van der Waals surface area contributed by atoms with Crippen molar-refractivity contribution in [3.8, 4) is 5.75 Å². The second-order valence-corrected chi connectivity index (χ2v) is 8.70. The predicted octanol–water partition coefficient (Wildman–Crippen LogP) is 1.18. The third-order valence-corrected chi connectivity index (χ3v) is 6.39. The fraction of sp³-hybridized carbons (Fsp3) is 0.300. The van der Waals surface area contributed by atoms with Crippen LogP contribution in [-0.2, 0) is 29.1 Å². The lowest BCUT2D eigenvalue weighted by molar-refractivity contribution is -0.385. The smallest absolute Gasteiger partial charge is 0.344 e. The molecule has 1 heterocycles. The Labute approximate surface area is 189 Å². The van der Waals surface area contributed by atoms with Crippen molar-refractivity contribution in [3.63, 3.8) is 0 Å². The van der Waals surface area contributed by atoms with Gasteiger partial charge in [-0.3, -0.25) is 14.9 Å². The summed E-state index contributed by atoms with van der Waals surface area (Å²) in [5.41, 5.74) is -0.100. The van der Waals surface area contributed by atoms with Gasteiger partial charge in [-0.2, -0.15) is 4.31 Å². The largest absolute Gasteiger partial charge is 0.475 e. The summed E-state index contributed by atoms with van der Waals surface area (Å²) in [6, 6.07) is 11.2. The minimum absolute atomic E-state index is 0.0112. The first-order valence-corrected chi connectivity index (χ1v) is 11.2. The SMILES string of the molecule is O=C(COC(=O)COc1ccccc1[N+](=O)[O-])Nc1cccc(S(=O)(=O)N2CCOCC2)c1. The molecule has 1 aliphatic heterocycles. The maximum atomic E-state index is 12.7. The molecule has 1 amide bonds. The van der Waals surface area contributed by atoms with Crippen molar-refractivity contribution in [2.24, 2.45) is 0 Å². The van der Waals surface area contributed by atoms with Crippen LogP contribution in [0.2, 0.25) is 0 Å². The average molecular weight is 479 g/mol. The molecule has 1 saturated heterocycles. The van der Waals surface area contributed by atoms with Crippen molar-refractivity contribution in [2.45, 2.75) is 4.90 Å². The molecule has 0 radical (unpaired) electrons. The first-order chi connectivity index (χ1) is 15.8. The molecule has 0 atom stereocenters. The Bertz CT molecular complexity index is 1130. The van der Waals surface area contributed by atoms with Gasteiger partial charge in [-0.05, 0) is 24.3 Å². The molecular formula is C20H21N3O9S. The Morgan fingerprint density at radius 3 is 2.55 bits per heavy atom. The lowest BCUT2D eigenvalue weighted by atomic mass is 10.3. The molecule has 0 aliphatic carbocycles. The predicted molar refractivity (Wildman–Crippen MR) is 114 cm³/mol. The number of anilines is 1. The van der Waals surface area contributed by atoms with Gasteiger partial charge in [-0.25, -0.2) is 13.2 Å². The second kappa shape index (κ2) is 10.8. The number of sulfonamides is 1. The summed E-state index contributed by atoms with van der Waals surface area (Å²) in [5, 5.41) is 13.4. The van der Waals surface area contributed by atoms with E-state index in [4.69, 9.17) is 14.2 Å². The summed E-state index contributed by atoms with van der Waals surface area (Å²) < 4.78 is 41.8. The van der Waals surface area contributed by atoms with E-state index in [2.05, 4.69) is 5.32 Å². The number of nitrogens with one attached hydrogen (secondary N) is 1. The fourth-order valence-corrected chi connectivity index (χ4v) is 4.38. The number of hydrogen-bond acceptors (Lipinski definition) is 9. The fourth-order valence-electron chi connectivity index (χ4n) is 2.92. The quantitative estimate of drug-likeness (QED) is 0.317. The molecule has 0 unspecified atom stereocenters. The lowest BCUT2D eigenvalue weighted by Crippen LogP contribution is -2.40. The molecular weight excluding hydrogens is 458 g/mol. The van der Waals surface area contributed by atoms with Gasteiger partial charge in [0.25, 0.3) is 5.91 Å². The van der Waals surface area contributed by atoms with Crippen LogP contribution in [0, 0.1) is 10.1 Å². The van der Waals surface area contributed by atoms with Crippen LogP contribution in [0.5, 0.6) is 5.75 Å². The number of nitrogens with zero attached hydrogens (tertiary/aromatic N) is 2. The summed E-state index contributed by atoms with van der Waals surface area (Å²) in [4.78, 5) is 34.2. The highest BCUT2D eigenvalue weighted by Gasteiger charge is 2.26. The third kappa shape index (κ3) is 6.47. The van der Waals surface area contributed by atoms with Crippen molar-refractivity contribution in [2.75, 3.05) is 44.8 Å². The van der Waals surface area contributed by atoms with E-state index in [1.807, 2.05) is 0 Å². The zero-order valence-electron chi connectivity index (χ0n) is 17.3. The molecule has 0 bridgehead atoms. The van der Waals surface area contributed by atoms with Crippen LogP contribution >= 0.6 is 0 Å². The molecule has 2 aromatic rings. The number of esters is 1. The van der Waals surface area contributed by atoms with Gasteiger partial charge >= 0.3 is 11.7 Å². The Morgan fingerprint density at radius 1 is 1.09 bits per heavy atom. The van der Waals surface area contributed by atoms with Crippen molar-refractivity contribution >= 4 is 33.3 Å². The van der Waals surface area contributed by atoms with Gasteiger partial charge in [0.1, 0.15) is 0 Å². The molecule has 33 heavy (non-hydrogen) atoms. The molecule has 1 fully saturated rings. The Balaban J connectivity index is 1.51. The highest BCUT2D eigenvalue weighted by Crippen LogP contribution is 2.25. The monoisotopic (exact) mass is 479 g/mol. The Morgan fingerprint density at radius 2 is 1.82 bits per heavy atom. The van der Waals surface area contributed by atoms with Crippen LogP contribution in [0.15, 0.2) is 53.4 Å². The zero-order valence-corrected chi connectivity index (χ0v) is 18.2. The summed E-state index contributed by atoms with van der Waals surface area (Å²) in [6.07, 6.45) is 0. The van der Waals surface area contributed by atoms with Crippen LogP contribution in [-0.4, -0.2) is 69.0 Å². The molecule has 2 aromatic carbocycles. The molecule has 3 rings (SSSR count). The van der Waals surface area contributed by atoms with Crippen molar-refractivity contribution in [1.29, 1.82) is 0 Å². The van der Waals surface area contributed by atoms with Crippen LogP contribution in [0.3, 0.4) is 0 Å². The topological polar surface area (TPSA) is 154 Å². The van der Waals surface area contributed by atoms with Gasteiger partial charge in [0.15, 0.2) is 19.0 Å². The minimum Gasteiger partial charge on any atom is -0.475 e. The number of morpholine rings is 1. The van der Waals surface area contributed by atoms with E-state index in [9.17, 15) is 28.1 Å². The van der Waals surface area contributed by atoms with Crippen LogP contribution in [0.25, 0.3) is 0 Å². The van der Waals surface area contributed by atoms with Gasteiger partial charge in [0.2, 0.25) is 10.0 Å². The highest BCUT2D eigenvalue weighted by atomic mass is 32.2. The number of para-hydroxylation sites is 2. The Kier molecular flexibility index (Phi) is 7.92. The van der Waals surface area contributed by atoms with E-state index in [0.717, 1.165) is 0 Å². The van der Waals surface area contributed by atoms with E-state index in [1.165, 1.54) is 52.8 Å². The number of carbonyl (C=O) groups is 2. The maximum absolute atomic E-state index is 12.7. The number of amides is 1. The number of ether oxygens (including phenoxy) is 3. The average Bonchev–Trinajstić information content (AvgIpc) is 2.82. The third-order valence-electron chi connectivity index (χ3n) is 4.50. The molecule has 13 heteroatoms. The second-order valence-electron chi connectivity index (χ2n) is 6.77. The van der Waals surface area contributed by atoms with Gasteiger partial charge in [-0.1, -0.05) is 18.2 Å². The van der Waals surface area contributed by atoms with Crippen LogP contribution in [0.4, 0.5) is 11.4 Å². The summed E-state index contributed by atoms with van der Waals surface area (Å²) in [5.74, 6) is -1.72. The van der Waals surface area contributed by atoms with E-state index in [0.29, 0.717) is 13.2 Å². The molecule has 0 spiro atoms. The number of benzene rings is 2. The lowest BCUT2D eigenvalue weighted by Gasteiger charge is -2.26. The minimum atomic E-state index is -3.74. The summed E-state index contributed by atoms with van der Waals surface area (Å²) in [6.45, 7) is -0.193. The first kappa shape index (κ1) is 24.1. The number of hydrogen-bond donors (Lipinski definition) is 1. The molecule has 1 aliphatic rings. The van der Waals surface area contributed by atoms with E-state index in [-0.39, 0.29) is 35.1 Å². The standard InChI is InChI=1S/C20H21N3O9S/c24-19(13-32-20(25)14-31-18-7-2-1-6-17(18)23(26)27)21-15-4-3-5-16(12-15)33(28,29)22-8-10-30-11-9-22/h1-7,12H,8-11,13-14H2,(H,21,24). The van der Waals surface area contributed by atoms with Gasteiger partial charge in [-0.15, -0.1) is 0 Å².